The second-order valence-corrected chi connectivity index (χ2v) is 3.68. The van der Waals surface area contributed by atoms with Gasteiger partial charge in [-0.3, -0.25) is 10.4 Å². The van der Waals surface area contributed by atoms with Gasteiger partial charge in [0.1, 0.15) is 11.6 Å². The van der Waals surface area contributed by atoms with Crippen LogP contribution in [0.15, 0.2) is 36.7 Å². The minimum absolute atomic E-state index is 0.108. The molecule has 98 valence electrons. The highest BCUT2D eigenvalue weighted by atomic mass is 19.2. The summed E-state index contributed by atoms with van der Waals surface area (Å²) in [5, 5.41) is 10.4. The molecule has 1 heterocycles. The zero-order valence-electron chi connectivity index (χ0n) is 10.1. The van der Waals surface area contributed by atoms with E-state index in [0.717, 1.165) is 6.07 Å². The molecule has 0 aliphatic carbocycles. The van der Waals surface area contributed by atoms with Gasteiger partial charge in [0, 0.05) is 6.20 Å². The van der Waals surface area contributed by atoms with E-state index in [0.29, 0.717) is 11.3 Å². The Morgan fingerprint density at radius 2 is 2.11 bits per heavy atom. The molecular weight excluding hydrogens is 252 g/mol. The van der Waals surface area contributed by atoms with E-state index in [4.69, 9.17) is 10.1 Å². The molecule has 0 atom stereocenters. The van der Waals surface area contributed by atoms with Gasteiger partial charge in [0.25, 0.3) is 0 Å². The molecule has 0 saturated heterocycles. The number of aromatic nitrogens is 1. The zero-order chi connectivity index (χ0) is 13.8. The average Bonchev–Trinajstić information content (AvgIpc) is 2.43. The van der Waals surface area contributed by atoms with E-state index in [9.17, 15) is 8.78 Å². The van der Waals surface area contributed by atoms with Crippen LogP contribution in [0.3, 0.4) is 0 Å². The van der Waals surface area contributed by atoms with Crippen molar-refractivity contribution >= 4 is 11.5 Å². The molecule has 0 bridgehead atoms. The van der Waals surface area contributed by atoms with Crippen LogP contribution < -0.4 is 10.1 Å². The highest BCUT2D eigenvalue weighted by Gasteiger charge is 2.12. The van der Waals surface area contributed by atoms with Gasteiger partial charge in [-0.05, 0) is 18.2 Å². The van der Waals surface area contributed by atoms with Crippen LogP contribution in [0.5, 0.6) is 5.75 Å². The molecule has 4 nitrogen and oxygen atoms in total. The van der Waals surface area contributed by atoms with Gasteiger partial charge in [-0.25, -0.2) is 8.78 Å². The molecule has 1 aromatic heterocycles. The average molecular weight is 263 g/mol. The Hall–Kier alpha value is -2.50. The van der Waals surface area contributed by atoms with Crippen LogP contribution in [0, 0.1) is 17.0 Å². The summed E-state index contributed by atoms with van der Waals surface area (Å²) in [6, 6.07) is 5.26. The van der Waals surface area contributed by atoms with Crippen molar-refractivity contribution in [3.8, 4) is 5.75 Å². The second kappa shape index (κ2) is 5.43. The predicted molar refractivity (Wildman–Crippen MR) is 67.6 cm³/mol. The van der Waals surface area contributed by atoms with Crippen molar-refractivity contribution in [2.75, 3.05) is 12.4 Å². The first kappa shape index (κ1) is 12.9. The number of halogens is 2. The molecule has 6 heteroatoms. The van der Waals surface area contributed by atoms with Crippen molar-refractivity contribution in [2.24, 2.45) is 0 Å². The molecule has 0 spiro atoms. The van der Waals surface area contributed by atoms with E-state index in [1.807, 2.05) is 0 Å². The topological polar surface area (TPSA) is 58.0 Å². The van der Waals surface area contributed by atoms with E-state index < -0.39 is 11.6 Å². The fourth-order valence-electron chi connectivity index (χ4n) is 1.55. The minimum Gasteiger partial charge on any atom is -0.494 e. The summed E-state index contributed by atoms with van der Waals surface area (Å²) in [6.07, 6.45) is 2.92. The van der Waals surface area contributed by atoms with Crippen molar-refractivity contribution in [1.29, 1.82) is 5.41 Å². The second-order valence-electron chi connectivity index (χ2n) is 3.68. The maximum absolute atomic E-state index is 13.5. The summed E-state index contributed by atoms with van der Waals surface area (Å²) in [4.78, 5) is 3.85. The Bertz CT molecular complexity index is 617. The number of ether oxygens (including phenoxy) is 1. The van der Waals surface area contributed by atoms with E-state index in [1.54, 1.807) is 6.07 Å². The van der Waals surface area contributed by atoms with E-state index in [2.05, 4.69) is 10.3 Å². The molecule has 2 rings (SSSR count). The number of rotatable bonds is 3. The van der Waals surface area contributed by atoms with Gasteiger partial charge >= 0.3 is 0 Å². The third-order valence-electron chi connectivity index (χ3n) is 2.49. The van der Waals surface area contributed by atoms with Crippen molar-refractivity contribution < 1.29 is 13.5 Å². The number of anilines is 1. The minimum atomic E-state index is -1.03. The quantitative estimate of drug-likeness (QED) is 0.661. The summed E-state index contributed by atoms with van der Waals surface area (Å²) >= 11 is 0. The van der Waals surface area contributed by atoms with Crippen LogP contribution in [-0.2, 0) is 0 Å². The maximum Gasteiger partial charge on any atom is 0.182 e. The molecule has 0 saturated carbocycles. The number of nitrogens with zero attached hydrogens (tertiary/aromatic N) is 1. The third kappa shape index (κ3) is 2.67. The SMILES string of the molecule is COc1cnccc1C(=N)Nc1cccc(F)c1F. The summed E-state index contributed by atoms with van der Waals surface area (Å²) in [5.41, 5.74) is 0.296. The molecule has 0 unspecified atom stereocenters. The Balaban J connectivity index is 2.28. The van der Waals surface area contributed by atoms with Crippen LogP contribution in [0.4, 0.5) is 14.5 Å². The first-order valence-electron chi connectivity index (χ1n) is 5.41. The fraction of sp³-hybridized carbons (Fsp3) is 0.0769. The summed E-state index contributed by atoms with van der Waals surface area (Å²) in [6.45, 7) is 0. The van der Waals surface area contributed by atoms with Crippen LogP contribution >= 0.6 is 0 Å². The van der Waals surface area contributed by atoms with E-state index >= 15 is 0 Å². The Labute approximate surface area is 108 Å². The van der Waals surface area contributed by atoms with Crippen LogP contribution in [0.25, 0.3) is 0 Å². The van der Waals surface area contributed by atoms with Gasteiger partial charge in [0.05, 0.1) is 24.6 Å². The number of amidine groups is 1. The molecule has 0 fully saturated rings. The number of pyridine rings is 1. The molecule has 2 aromatic rings. The van der Waals surface area contributed by atoms with Gasteiger partial charge in [0.15, 0.2) is 11.6 Å². The summed E-state index contributed by atoms with van der Waals surface area (Å²) < 4.78 is 31.6. The number of nitrogens with one attached hydrogen (secondary N) is 2. The zero-order valence-corrected chi connectivity index (χ0v) is 10.1. The third-order valence-corrected chi connectivity index (χ3v) is 2.49. The van der Waals surface area contributed by atoms with Gasteiger partial charge in [-0.2, -0.15) is 0 Å². The summed E-state index contributed by atoms with van der Waals surface area (Å²) in [5.74, 6) is -1.74. The predicted octanol–water partition coefficient (Wildman–Crippen LogP) is 2.81. The smallest absolute Gasteiger partial charge is 0.182 e. The monoisotopic (exact) mass is 263 g/mol. The van der Waals surface area contributed by atoms with Gasteiger partial charge in [-0.15, -0.1) is 0 Å². The van der Waals surface area contributed by atoms with Crippen LogP contribution in [0.1, 0.15) is 5.56 Å². The normalized spacial score (nSPS) is 10.1. The first-order chi connectivity index (χ1) is 9.13. The van der Waals surface area contributed by atoms with Gasteiger partial charge in [0.2, 0.25) is 0 Å². The standard InChI is InChI=1S/C13H11F2N3O/c1-19-11-7-17-6-5-8(11)13(16)18-10-4-2-3-9(14)12(10)15/h2-7H,1H3,(H2,16,18). The molecule has 19 heavy (non-hydrogen) atoms. The molecule has 0 radical (unpaired) electrons. The van der Waals surface area contributed by atoms with Crippen LogP contribution in [-0.4, -0.2) is 17.9 Å². The molecule has 0 aliphatic rings. The van der Waals surface area contributed by atoms with Crippen molar-refractivity contribution in [3.05, 3.63) is 53.9 Å². The fourth-order valence-corrected chi connectivity index (χ4v) is 1.55. The lowest BCUT2D eigenvalue weighted by atomic mass is 10.2. The Kier molecular flexibility index (Phi) is 3.70. The van der Waals surface area contributed by atoms with E-state index in [-0.39, 0.29) is 11.5 Å². The lowest BCUT2D eigenvalue weighted by molar-refractivity contribution is 0.412. The highest BCUT2D eigenvalue weighted by Crippen LogP contribution is 2.20. The molecule has 0 aliphatic heterocycles. The Morgan fingerprint density at radius 1 is 1.32 bits per heavy atom. The Morgan fingerprint density at radius 3 is 2.84 bits per heavy atom. The molecule has 1 aromatic carbocycles. The molecule has 2 N–H and O–H groups in total. The largest absolute Gasteiger partial charge is 0.494 e. The van der Waals surface area contributed by atoms with Crippen LogP contribution in [0.2, 0.25) is 0 Å². The van der Waals surface area contributed by atoms with Crippen molar-refractivity contribution in [1.82, 2.24) is 4.98 Å². The lowest BCUT2D eigenvalue weighted by Gasteiger charge is -2.11. The van der Waals surface area contributed by atoms with Crippen molar-refractivity contribution in [2.45, 2.75) is 0 Å². The van der Waals surface area contributed by atoms with Gasteiger partial charge < -0.3 is 10.1 Å². The number of benzene rings is 1. The lowest BCUT2D eigenvalue weighted by Crippen LogP contribution is -2.14. The summed E-state index contributed by atoms with van der Waals surface area (Å²) in [7, 11) is 1.44. The first-order valence-corrected chi connectivity index (χ1v) is 5.41. The highest BCUT2D eigenvalue weighted by molar-refractivity contribution is 6.07. The van der Waals surface area contributed by atoms with Gasteiger partial charge in [-0.1, -0.05) is 6.07 Å². The number of methoxy groups -OCH3 is 1. The number of hydrogen-bond acceptors (Lipinski definition) is 3. The molecular formula is C13H11F2N3O. The van der Waals surface area contributed by atoms with E-state index in [1.165, 1.54) is 31.6 Å². The van der Waals surface area contributed by atoms with Crippen molar-refractivity contribution in [3.63, 3.8) is 0 Å². The maximum atomic E-state index is 13.5. The molecule has 0 amide bonds. The number of hydrogen-bond donors (Lipinski definition) is 2.